The van der Waals surface area contributed by atoms with Crippen LogP contribution in [0, 0.1) is 11.3 Å². The fraction of sp³-hybridized carbons (Fsp3) is 0. The highest BCUT2D eigenvalue weighted by atomic mass is 16.4. The Balaban J connectivity index is 1.48. The zero-order valence-electron chi connectivity index (χ0n) is 22.2. The van der Waals surface area contributed by atoms with Crippen molar-refractivity contribution in [2.45, 2.75) is 0 Å². The second kappa shape index (κ2) is 12.8. The van der Waals surface area contributed by atoms with E-state index < -0.39 is 5.97 Å². The van der Waals surface area contributed by atoms with Crippen LogP contribution < -0.4 is 9.80 Å². The monoisotopic (exact) mass is 533 g/mol. The van der Waals surface area contributed by atoms with E-state index in [1.807, 2.05) is 78.9 Å². The maximum atomic E-state index is 11.0. The van der Waals surface area contributed by atoms with Crippen LogP contribution in [0.2, 0.25) is 0 Å². The first-order valence-corrected chi connectivity index (χ1v) is 13.1. The van der Waals surface area contributed by atoms with E-state index in [0.717, 1.165) is 39.7 Å². The first-order valence-electron chi connectivity index (χ1n) is 13.1. The number of carboxylic acids is 1. The number of anilines is 6. The van der Waals surface area contributed by atoms with Gasteiger partial charge in [0.05, 0.1) is 0 Å². The van der Waals surface area contributed by atoms with E-state index in [1.165, 1.54) is 6.08 Å². The maximum Gasteiger partial charge on any atom is 0.346 e. The highest BCUT2D eigenvalue weighted by Gasteiger charge is 2.15. The molecule has 0 aliphatic carbocycles. The summed E-state index contributed by atoms with van der Waals surface area (Å²) < 4.78 is 0. The van der Waals surface area contributed by atoms with Crippen LogP contribution in [0.25, 0.3) is 6.08 Å². The lowest BCUT2D eigenvalue weighted by Gasteiger charge is -2.28. The summed E-state index contributed by atoms with van der Waals surface area (Å²) in [5.74, 6) is -1.24. The summed E-state index contributed by atoms with van der Waals surface area (Å²) in [6, 6.07) is 48.9. The van der Waals surface area contributed by atoms with E-state index >= 15 is 0 Å². The van der Waals surface area contributed by atoms with Crippen molar-refractivity contribution >= 4 is 46.2 Å². The van der Waals surface area contributed by atoms with Gasteiger partial charge in [0, 0.05) is 34.1 Å². The molecule has 0 aliphatic rings. The summed E-state index contributed by atoms with van der Waals surface area (Å²) in [6.07, 6.45) is 4.64. The van der Waals surface area contributed by atoms with Crippen LogP contribution in [0.1, 0.15) is 5.56 Å². The minimum absolute atomic E-state index is 0.310. The molecule has 0 atom stereocenters. The van der Waals surface area contributed by atoms with Gasteiger partial charge in [-0.15, -0.1) is 0 Å². The Morgan fingerprint density at radius 3 is 1.24 bits per heavy atom. The average Bonchev–Trinajstić information content (AvgIpc) is 3.02. The minimum atomic E-state index is -1.24. The SMILES string of the molecule is N#CC(=CC=Cc1ccc(N(c2ccccc2)c2ccc(N(c3ccccc3)c3ccccc3)cc2)cc1)C(=O)O. The molecule has 198 valence electrons. The van der Waals surface area contributed by atoms with Crippen LogP contribution in [0.5, 0.6) is 0 Å². The van der Waals surface area contributed by atoms with Gasteiger partial charge in [-0.2, -0.15) is 5.26 Å². The number of hydrogen-bond acceptors (Lipinski definition) is 4. The Kier molecular flexibility index (Phi) is 8.34. The zero-order valence-corrected chi connectivity index (χ0v) is 22.2. The number of carbonyl (C=O) groups is 1. The number of carboxylic acid groups (broad SMARTS) is 1. The predicted octanol–water partition coefficient (Wildman–Crippen LogP) is 9.17. The molecule has 0 amide bonds. The molecule has 0 fully saturated rings. The van der Waals surface area contributed by atoms with Crippen LogP contribution in [-0.2, 0) is 4.79 Å². The first kappa shape index (κ1) is 26.7. The highest BCUT2D eigenvalue weighted by molar-refractivity contribution is 5.91. The summed E-state index contributed by atoms with van der Waals surface area (Å²) in [5.41, 5.74) is 6.79. The lowest BCUT2D eigenvalue weighted by Crippen LogP contribution is -2.12. The van der Waals surface area contributed by atoms with E-state index in [9.17, 15) is 4.79 Å². The molecule has 5 aromatic rings. The molecule has 0 heterocycles. The summed E-state index contributed by atoms with van der Waals surface area (Å²) in [6.45, 7) is 0. The number of aliphatic carboxylic acids is 1. The van der Waals surface area contributed by atoms with E-state index in [-0.39, 0.29) is 5.57 Å². The second-order valence-electron chi connectivity index (χ2n) is 9.14. The molecule has 5 rings (SSSR count). The quantitative estimate of drug-likeness (QED) is 0.116. The fourth-order valence-electron chi connectivity index (χ4n) is 4.52. The summed E-state index contributed by atoms with van der Waals surface area (Å²) >= 11 is 0. The molecule has 5 heteroatoms. The van der Waals surface area contributed by atoms with Gasteiger partial charge >= 0.3 is 5.97 Å². The molecular formula is C36H27N3O2. The molecule has 1 N–H and O–H groups in total. The third-order valence-corrected chi connectivity index (χ3v) is 6.46. The number of para-hydroxylation sites is 3. The molecule has 0 spiro atoms. The Hall–Kier alpha value is -5.86. The molecule has 0 saturated carbocycles. The number of allylic oxidation sites excluding steroid dienone is 2. The van der Waals surface area contributed by atoms with Crippen molar-refractivity contribution < 1.29 is 9.90 Å². The second-order valence-corrected chi connectivity index (χ2v) is 9.14. The van der Waals surface area contributed by atoms with E-state index in [4.69, 9.17) is 10.4 Å². The zero-order chi connectivity index (χ0) is 28.4. The average molecular weight is 534 g/mol. The van der Waals surface area contributed by atoms with Crippen LogP contribution in [0.4, 0.5) is 34.1 Å². The highest BCUT2D eigenvalue weighted by Crippen LogP contribution is 2.38. The smallest absolute Gasteiger partial charge is 0.346 e. The first-order chi connectivity index (χ1) is 20.1. The van der Waals surface area contributed by atoms with Gasteiger partial charge < -0.3 is 14.9 Å². The molecule has 0 aliphatic heterocycles. The molecule has 5 nitrogen and oxygen atoms in total. The van der Waals surface area contributed by atoms with E-state index in [1.54, 1.807) is 18.2 Å². The van der Waals surface area contributed by atoms with Gasteiger partial charge in [-0.3, -0.25) is 0 Å². The van der Waals surface area contributed by atoms with Gasteiger partial charge in [-0.05, 0) is 84.4 Å². The van der Waals surface area contributed by atoms with Crippen LogP contribution in [0.3, 0.4) is 0 Å². The third kappa shape index (κ3) is 6.42. The van der Waals surface area contributed by atoms with Crippen LogP contribution in [-0.4, -0.2) is 11.1 Å². The molecule has 5 aromatic carbocycles. The number of benzene rings is 5. The molecule has 0 radical (unpaired) electrons. The van der Waals surface area contributed by atoms with Crippen molar-refractivity contribution in [2.24, 2.45) is 0 Å². The van der Waals surface area contributed by atoms with Gasteiger partial charge in [-0.25, -0.2) is 4.79 Å². The number of rotatable bonds is 9. The predicted molar refractivity (Wildman–Crippen MR) is 166 cm³/mol. The lowest BCUT2D eigenvalue weighted by molar-refractivity contribution is -0.132. The Morgan fingerprint density at radius 1 is 0.561 bits per heavy atom. The molecular weight excluding hydrogens is 506 g/mol. The Bertz CT molecular complexity index is 1650. The van der Waals surface area contributed by atoms with Gasteiger partial charge in [0.15, 0.2) is 0 Å². The van der Waals surface area contributed by atoms with Crippen molar-refractivity contribution in [2.75, 3.05) is 9.80 Å². The number of nitrogens with zero attached hydrogens (tertiary/aromatic N) is 3. The normalized spacial score (nSPS) is 11.1. The van der Waals surface area contributed by atoms with Gasteiger partial charge in [0.1, 0.15) is 11.6 Å². The molecule has 0 bridgehead atoms. The fourth-order valence-corrected chi connectivity index (χ4v) is 4.52. The van der Waals surface area contributed by atoms with Crippen molar-refractivity contribution in [3.8, 4) is 6.07 Å². The maximum absolute atomic E-state index is 11.0. The lowest BCUT2D eigenvalue weighted by atomic mass is 10.1. The van der Waals surface area contributed by atoms with Crippen molar-refractivity contribution in [1.29, 1.82) is 5.26 Å². The van der Waals surface area contributed by atoms with E-state index in [2.05, 4.69) is 70.5 Å². The summed E-state index contributed by atoms with van der Waals surface area (Å²) in [5, 5.41) is 17.9. The summed E-state index contributed by atoms with van der Waals surface area (Å²) in [7, 11) is 0. The minimum Gasteiger partial charge on any atom is -0.477 e. The van der Waals surface area contributed by atoms with Crippen molar-refractivity contribution in [3.05, 3.63) is 163 Å². The number of nitriles is 1. The number of hydrogen-bond donors (Lipinski definition) is 1. The van der Waals surface area contributed by atoms with E-state index in [0.29, 0.717) is 0 Å². The molecule has 0 aromatic heterocycles. The van der Waals surface area contributed by atoms with Gasteiger partial charge in [0.25, 0.3) is 0 Å². The summed E-state index contributed by atoms with van der Waals surface area (Å²) in [4.78, 5) is 15.4. The molecule has 0 saturated heterocycles. The van der Waals surface area contributed by atoms with Crippen molar-refractivity contribution in [1.82, 2.24) is 0 Å². The Morgan fingerprint density at radius 2 is 0.902 bits per heavy atom. The third-order valence-electron chi connectivity index (χ3n) is 6.46. The van der Waals surface area contributed by atoms with Crippen LogP contribution >= 0.6 is 0 Å². The van der Waals surface area contributed by atoms with Crippen molar-refractivity contribution in [3.63, 3.8) is 0 Å². The molecule has 41 heavy (non-hydrogen) atoms. The van der Waals surface area contributed by atoms with Crippen LogP contribution in [0.15, 0.2) is 157 Å². The topological polar surface area (TPSA) is 67.6 Å². The molecule has 0 unspecified atom stereocenters. The Labute approximate surface area is 239 Å². The largest absolute Gasteiger partial charge is 0.477 e. The van der Waals surface area contributed by atoms with Gasteiger partial charge in [0.2, 0.25) is 0 Å². The standard InChI is InChI=1S/C36H27N3O2/c37-27-29(36(40)41)12-10-11-28-19-21-33(22-20-28)39(32-17-8-3-9-18-32)35-25-23-34(24-26-35)38(30-13-4-1-5-14-30)31-15-6-2-7-16-31/h1-26H,(H,40,41). The van der Waals surface area contributed by atoms with Gasteiger partial charge in [-0.1, -0.05) is 78.9 Å².